The standard InChI is InChI=1S/CH4S.H2O4S.U/c1-2;1-5(2,3)4;/h2H,1H3;(H2,1,2,3,4);/q;;+1/p-1. The van der Waals surface area contributed by atoms with Crippen LogP contribution in [0.5, 0.6) is 0 Å². The van der Waals surface area contributed by atoms with Crippen molar-refractivity contribution in [2.24, 2.45) is 0 Å². The molecule has 0 heterocycles. The van der Waals surface area contributed by atoms with Crippen LogP contribution in [0.25, 0.3) is 0 Å². The third-order valence-electron chi connectivity index (χ3n) is 0. The molecule has 0 fully saturated rings. The molecule has 8 heavy (non-hydrogen) atoms. The van der Waals surface area contributed by atoms with Gasteiger partial charge in [0.2, 0.25) is 0 Å². The van der Waals surface area contributed by atoms with Crippen LogP contribution < -0.4 is 0 Å². The summed E-state index contributed by atoms with van der Waals surface area (Å²) in [5.74, 6) is 0. The van der Waals surface area contributed by atoms with Gasteiger partial charge in [0.15, 0.2) is 0 Å². The van der Waals surface area contributed by atoms with Gasteiger partial charge < -0.3 is 0 Å². The predicted octanol–water partition coefficient (Wildman–Crippen LogP) is 0.161. The second-order valence-electron chi connectivity index (χ2n) is 0.652. The first-order valence-electron chi connectivity index (χ1n) is 1.31. The first-order chi connectivity index (χ1) is 3.41. The molecule has 0 saturated heterocycles. The molecule has 4 nitrogen and oxygen atoms in total. The van der Waals surface area contributed by atoms with Gasteiger partial charge in [0.25, 0.3) is 0 Å². The summed E-state index contributed by atoms with van der Waals surface area (Å²) in [6.07, 6.45) is 2.12. The number of hydrogen-bond acceptors (Lipinski definition) is 3. The predicted molar refractivity (Wildman–Crippen MR) is 27.7 cm³/mol. The zero-order valence-electron chi connectivity index (χ0n) is 4.03. The Kier molecular flexibility index (Phi) is 9.59. The molecule has 0 aliphatic carbocycles. The van der Waals surface area contributed by atoms with Crippen molar-refractivity contribution in [2.75, 3.05) is 6.26 Å². The quantitative estimate of drug-likeness (QED) is 0.583. The topological polar surface area (TPSA) is 74.6 Å². The first-order valence-corrected chi connectivity index (χ1v) is 9.03. The van der Waals surface area contributed by atoms with Crippen LogP contribution in [0.1, 0.15) is 0 Å². The average Bonchev–Trinajstić information content (AvgIpc) is 1.27. The molecular weight excluding hydrogens is 378 g/mol. The fraction of sp³-hybridized carbons (Fsp3) is 1.00. The summed E-state index contributed by atoms with van der Waals surface area (Å²) in [5.41, 5.74) is 0. The first kappa shape index (κ1) is 12.0. The van der Waals surface area contributed by atoms with Gasteiger partial charge in [-0.15, -0.1) is 0 Å². The molecule has 49 valence electrons. The van der Waals surface area contributed by atoms with Gasteiger partial charge in [-0.1, -0.05) is 0 Å². The van der Waals surface area contributed by atoms with E-state index in [1.807, 2.05) is 7.59 Å². The van der Waals surface area contributed by atoms with E-state index in [1.165, 1.54) is 0 Å². The van der Waals surface area contributed by atoms with Gasteiger partial charge in [-0.3, -0.25) is 9.11 Å². The average molecular weight is 383 g/mol. The van der Waals surface area contributed by atoms with Crippen molar-refractivity contribution in [3.05, 3.63) is 0 Å². The second kappa shape index (κ2) is 6.39. The van der Waals surface area contributed by atoms with E-state index < -0.39 is 10.4 Å². The molecule has 0 aromatic carbocycles. The molecular formula is CH5O4S2U. The monoisotopic (exact) mass is 383 g/mol. The van der Waals surface area contributed by atoms with Crippen LogP contribution >= 0.6 is 7.59 Å². The summed E-state index contributed by atoms with van der Waals surface area (Å²) in [4.78, 5) is 0. The maximum absolute atomic E-state index is 8.74. The van der Waals surface area contributed by atoms with Crippen molar-refractivity contribution >= 4 is 18.0 Å². The molecule has 0 rings (SSSR count). The summed E-state index contributed by atoms with van der Waals surface area (Å²) >= 11 is 1.12. The molecule has 0 bridgehead atoms. The maximum Gasteiger partial charge on any atom is 0.394 e. The van der Waals surface area contributed by atoms with Crippen molar-refractivity contribution in [1.29, 1.82) is 0 Å². The Morgan fingerprint density at radius 3 is 1.50 bits per heavy atom. The van der Waals surface area contributed by atoms with Crippen LogP contribution in [0.2, 0.25) is 0 Å². The van der Waals surface area contributed by atoms with Gasteiger partial charge >= 0.3 is 52.0 Å². The second-order valence-corrected chi connectivity index (χ2v) is 7.06. The van der Waals surface area contributed by atoms with Gasteiger partial charge in [0.1, 0.15) is 0 Å². The minimum atomic E-state index is -4.67. The van der Waals surface area contributed by atoms with Gasteiger partial charge in [-0.2, -0.15) is 8.42 Å². The van der Waals surface area contributed by atoms with Gasteiger partial charge in [0.05, 0.1) is 0 Å². The number of rotatable bonds is 0. The van der Waals surface area contributed by atoms with E-state index in [0.717, 1.165) is 27.8 Å². The van der Waals surface area contributed by atoms with Crippen molar-refractivity contribution in [1.82, 2.24) is 0 Å². The summed E-state index contributed by atoms with van der Waals surface area (Å²) < 4.78 is 31.6. The van der Waals surface area contributed by atoms with Gasteiger partial charge in [0, 0.05) is 0 Å². The normalized spacial score (nSPS) is 9.62. The summed E-state index contributed by atoms with van der Waals surface area (Å²) in [6, 6.07) is 0. The molecule has 0 unspecified atom stereocenters. The Morgan fingerprint density at radius 1 is 1.50 bits per heavy atom. The van der Waals surface area contributed by atoms with Crippen LogP contribution in [-0.4, -0.2) is 23.8 Å². The van der Waals surface area contributed by atoms with E-state index in [0.29, 0.717) is 0 Å². The van der Waals surface area contributed by atoms with Crippen molar-refractivity contribution < 1.29 is 45.3 Å². The molecule has 0 saturated carbocycles. The molecule has 0 amide bonds. The van der Waals surface area contributed by atoms with Crippen LogP contribution in [0.3, 0.4) is 0 Å². The third kappa shape index (κ3) is 177. The Hall–Kier alpha value is 1.27. The smallest absolute Gasteiger partial charge is 0.264 e. The zero-order valence-corrected chi connectivity index (χ0v) is 9.82. The molecule has 0 aromatic heterocycles. The molecule has 0 aliphatic heterocycles. The Labute approximate surface area is 69.0 Å². The molecule has 0 aromatic rings. The van der Waals surface area contributed by atoms with E-state index in [9.17, 15) is 0 Å². The fourth-order valence-corrected chi connectivity index (χ4v) is 0. The van der Waals surface area contributed by atoms with Gasteiger partial charge in [-0.25, -0.2) is 0 Å². The van der Waals surface area contributed by atoms with Crippen molar-refractivity contribution in [3.63, 3.8) is 0 Å². The Morgan fingerprint density at radius 2 is 1.50 bits per heavy atom. The van der Waals surface area contributed by atoms with Gasteiger partial charge in [-0.05, 0) is 0 Å². The fourth-order valence-electron chi connectivity index (χ4n) is 0. The summed E-state index contributed by atoms with van der Waals surface area (Å²) in [7, 11) is -2.75. The Balaban J connectivity index is 0. The summed E-state index contributed by atoms with van der Waals surface area (Å²) in [5, 5.41) is 0. The molecule has 2 N–H and O–H groups in total. The molecule has 7 heteroatoms. The van der Waals surface area contributed by atoms with E-state index in [1.54, 1.807) is 0 Å². The molecule has 0 aliphatic rings. The minimum absolute atomic E-state index is 1.12. The minimum Gasteiger partial charge on any atom is -0.264 e. The summed E-state index contributed by atoms with van der Waals surface area (Å²) in [6.45, 7) is 0. The van der Waals surface area contributed by atoms with Crippen LogP contribution in [0.4, 0.5) is 0 Å². The largest absolute Gasteiger partial charge is 0.394 e. The zero-order chi connectivity index (χ0) is 7.21. The molecule has 0 atom stereocenters. The van der Waals surface area contributed by atoms with E-state index >= 15 is 0 Å². The Bertz CT molecular complexity index is 108. The van der Waals surface area contributed by atoms with E-state index in [4.69, 9.17) is 17.5 Å². The van der Waals surface area contributed by atoms with Crippen LogP contribution in [0.15, 0.2) is 0 Å². The maximum atomic E-state index is 8.74. The van der Waals surface area contributed by atoms with Crippen molar-refractivity contribution in [2.45, 2.75) is 0 Å². The SMILES string of the molecule is C[S][U].O=S(=O)(O)O. The van der Waals surface area contributed by atoms with E-state index in [2.05, 4.69) is 6.26 Å². The molecule has 0 radical (unpaired) electrons. The third-order valence-corrected chi connectivity index (χ3v) is 0. The van der Waals surface area contributed by atoms with Crippen molar-refractivity contribution in [3.8, 4) is 0 Å². The number of hydrogen-bond donors (Lipinski definition) is 2. The van der Waals surface area contributed by atoms with Crippen LogP contribution in [0, 0.1) is 27.8 Å². The van der Waals surface area contributed by atoms with E-state index in [-0.39, 0.29) is 0 Å². The molecule has 0 spiro atoms. The van der Waals surface area contributed by atoms with Crippen LogP contribution in [-0.2, 0) is 10.4 Å².